The molecule has 12 heteroatoms. The van der Waals surface area contributed by atoms with Crippen LogP contribution in [0.15, 0.2) is 0 Å². The van der Waals surface area contributed by atoms with Crippen LogP contribution < -0.4 is 0 Å². The Labute approximate surface area is 227 Å². The topological polar surface area (TPSA) is 136 Å². The molecular formula is C27H38F2O9S. The van der Waals surface area contributed by atoms with Crippen LogP contribution in [0.3, 0.4) is 0 Å². The first-order valence-corrected chi connectivity index (χ1v) is 15.6. The van der Waals surface area contributed by atoms with E-state index in [1.165, 1.54) is 6.42 Å². The summed E-state index contributed by atoms with van der Waals surface area (Å²) in [5.41, 5.74) is -4.14. The second-order valence-corrected chi connectivity index (χ2v) is 15.3. The molecule has 0 aromatic rings. The van der Waals surface area contributed by atoms with Crippen molar-refractivity contribution in [3.05, 3.63) is 0 Å². The minimum absolute atomic E-state index is 0.0209. The SMILES string of the molecule is CCC1(OC(=O)COC23CC4CC(O)(C2)CC(C(=O)OCC(F)(F)S(=O)(=O)O)(C4)C3)C2CC3CC(C2)CC1C3. The molecule has 0 aliphatic heterocycles. The van der Waals surface area contributed by atoms with Gasteiger partial charge in [-0.25, -0.2) is 4.79 Å². The maximum absolute atomic E-state index is 13.7. The van der Waals surface area contributed by atoms with E-state index >= 15 is 0 Å². The van der Waals surface area contributed by atoms with Gasteiger partial charge in [-0.3, -0.25) is 9.35 Å². The molecule has 0 aromatic carbocycles. The summed E-state index contributed by atoms with van der Waals surface area (Å²) in [5.74, 6) is 0.512. The third kappa shape index (κ3) is 4.52. The van der Waals surface area contributed by atoms with Crippen LogP contribution in [0.2, 0.25) is 0 Å². The predicted molar refractivity (Wildman–Crippen MR) is 131 cm³/mol. The maximum atomic E-state index is 13.7. The Bertz CT molecular complexity index is 1130. The first kappa shape index (κ1) is 27.8. The van der Waals surface area contributed by atoms with Gasteiger partial charge in [0.25, 0.3) is 0 Å². The molecule has 0 aromatic heterocycles. The lowest BCUT2D eigenvalue weighted by Crippen LogP contribution is -2.66. The minimum atomic E-state index is -5.76. The number of hydrogen-bond acceptors (Lipinski definition) is 8. The molecule has 220 valence electrons. The van der Waals surface area contributed by atoms with E-state index in [1.807, 2.05) is 0 Å². The molecule has 0 radical (unpaired) electrons. The Morgan fingerprint density at radius 3 is 2.15 bits per heavy atom. The van der Waals surface area contributed by atoms with Crippen molar-refractivity contribution >= 4 is 22.1 Å². The van der Waals surface area contributed by atoms with Gasteiger partial charge >= 0.3 is 27.3 Å². The number of hydrogen-bond donors (Lipinski definition) is 2. The van der Waals surface area contributed by atoms with Crippen molar-refractivity contribution in [2.75, 3.05) is 13.2 Å². The van der Waals surface area contributed by atoms with Crippen LogP contribution in [0, 0.1) is 35.0 Å². The van der Waals surface area contributed by atoms with Gasteiger partial charge in [0.1, 0.15) is 12.2 Å². The van der Waals surface area contributed by atoms with Crippen LogP contribution in [0.25, 0.3) is 0 Å². The van der Waals surface area contributed by atoms with E-state index in [0.29, 0.717) is 24.7 Å². The van der Waals surface area contributed by atoms with E-state index in [1.54, 1.807) is 0 Å². The van der Waals surface area contributed by atoms with Gasteiger partial charge in [-0.15, -0.1) is 0 Å². The molecule has 4 atom stereocenters. The first-order valence-electron chi connectivity index (χ1n) is 14.2. The molecule has 9 nitrogen and oxygen atoms in total. The fourth-order valence-electron chi connectivity index (χ4n) is 10.3. The number of halogens is 2. The summed E-state index contributed by atoms with van der Waals surface area (Å²) in [4.78, 5) is 26.3. The number of rotatable bonds is 9. The Morgan fingerprint density at radius 1 is 0.949 bits per heavy atom. The normalized spacial score (nSPS) is 45.9. The second-order valence-electron chi connectivity index (χ2n) is 13.8. The highest BCUT2D eigenvalue weighted by atomic mass is 32.2. The Hall–Kier alpha value is -1.37. The number of alkyl halides is 2. The highest BCUT2D eigenvalue weighted by molar-refractivity contribution is 7.86. The summed E-state index contributed by atoms with van der Waals surface area (Å²) in [6, 6.07) is 0. The van der Waals surface area contributed by atoms with Crippen molar-refractivity contribution in [3.63, 3.8) is 0 Å². The Morgan fingerprint density at radius 2 is 1.59 bits per heavy atom. The molecule has 8 saturated carbocycles. The first-order chi connectivity index (χ1) is 18.1. The summed E-state index contributed by atoms with van der Waals surface area (Å²) in [6.45, 7) is -0.0758. The van der Waals surface area contributed by atoms with Gasteiger partial charge in [-0.05, 0) is 100 Å². The van der Waals surface area contributed by atoms with Crippen LogP contribution in [0.4, 0.5) is 8.78 Å². The van der Waals surface area contributed by atoms with Crippen molar-refractivity contribution in [1.29, 1.82) is 0 Å². The third-order valence-electron chi connectivity index (χ3n) is 11.0. The molecule has 8 fully saturated rings. The van der Waals surface area contributed by atoms with Gasteiger partial charge in [0.15, 0.2) is 6.61 Å². The molecule has 8 aliphatic carbocycles. The summed E-state index contributed by atoms with van der Waals surface area (Å²) >= 11 is 0. The Balaban J connectivity index is 1.14. The van der Waals surface area contributed by atoms with Crippen molar-refractivity contribution in [2.45, 2.75) is 106 Å². The predicted octanol–water partition coefficient (Wildman–Crippen LogP) is 3.63. The van der Waals surface area contributed by atoms with E-state index in [4.69, 9.17) is 18.8 Å². The molecule has 4 unspecified atom stereocenters. The third-order valence-corrected chi connectivity index (χ3v) is 11.9. The van der Waals surface area contributed by atoms with Gasteiger partial charge in [-0.1, -0.05) is 6.92 Å². The van der Waals surface area contributed by atoms with E-state index in [2.05, 4.69) is 6.92 Å². The van der Waals surface area contributed by atoms with Gasteiger partial charge in [0, 0.05) is 6.42 Å². The minimum Gasteiger partial charge on any atom is -0.458 e. The summed E-state index contributed by atoms with van der Waals surface area (Å²) in [7, 11) is -5.76. The number of esters is 2. The monoisotopic (exact) mass is 576 g/mol. The van der Waals surface area contributed by atoms with Crippen LogP contribution in [-0.4, -0.2) is 65.3 Å². The van der Waals surface area contributed by atoms with E-state index in [0.717, 1.165) is 43.9 Å². The zero-order valence-corrected chi connectivity index (χ0v) is 23.0. The van der Waals surface area contributed by atoms with Crippen LogP contribution in [0.5, 0.6) is 0 Å². The molecule has 8 rings (SSSR count). The van der Waals surface area contributed by atoms with E-state index in [-0.39, 0.29) is 38.2 Å². The lowest BCUT2D eigenvalue weighted by atomic mass is 9.46. The molecule has 39 heavy (non-hydrogen) atoms. The fraction of sp³-hybridized carbons (Fsp3) is 0.926. The lowest BCUT2D eigenvalue weighted by Gasteiger charge is -2.63. The molecule has 0 heterocycles. The average Bonchev–Trinajstić information content (AvgIpc) is 2.81. The fourth-order valence-corrected chi connectivity index (χ4v) is 10.5. The summed E-state index contributed by atoms with van der Waals surface area (Å²) in [6.07, 6.45) is 7.86. The molecule has 0 amide bonds. The number of aliphatic hydroxyl groups is 1. The van der Waals surface area contributed by atoms with Crippen LogP contribution in [-0.2, 0) is 33.9 Å². The number of carbonyl (C=O) groups is 2. The summed E-state index contributed by atoms with van der Waals surface area (Å²) in [5, 5.41) is 6.65. The molecule has 2 N–H and O–H groups in total. The van der Waals surface area contributed by atoms with Crippen molar-refractivity contribution in [2.24, 2.45) is 35.0 Å². The zero-order valence-electron chi connectivity index (χ0n) is 22.2. The molecule has 0 saturated heterocycles. The molecule has 8 aliphatic rings. The van der Waals surface area contributed by atoms with Gasteiger partial charge in [0.05, 0.1) is 16.6 Å². The van der Waals surface area contributed by atoms with E-state index in [9.17, 15) is 31.9 Å². The highest BCUT2D eigenvalue weighted by Crippen LogP contribution is 2.65. The van der Waals surface area contributed by atoms with Gasteiger partial charge < -0.3 is 19.3 Å². The molecule has 0 spiro atoms. The number of carbonyl (C=O) groups excluding carboxylic acids is 2. The largest absolute Gasteiger partial charge is 0.458 e. The van der Waals surface area contributed by atoms with Crippen LogP contribution >= 0.6 is 0 Å². The standard InChI is InChI=1S/C27H38F2O9S/c1-2-26(19-4-16-3-17(6-19)7-20(26)5-16)38-21(30)11-37-25-10-18-8-23(13-25,12-24(32,9-18)14-25)22(31)36-15-27(28,29)39(33,34)35/h16-20,32H,2-15H2,1H3,(H,33,34,35). The zero-order chi connectivity index (χ0) is 28.1. The maximum Gasteiger partial charge on any atom is 0.402 e. The van der Waals surface area contributed by atoms with Crippen molar-refractivity contribution in [3.8, 4) is 0 Å². The van der Waals surface area contributed by atoms with Crippen molar-refractivity contribution in [1.82, 2.24) is 0 Å². The highest BCUT2D eigenvalue weighted by Gasteiger charge is 2.67. The molecule has 8 bridgehead atoms. The number of ether oxygens (including phenoxy) is 3. The van der Waals surface area contributed by atoms with Gasteiger partial charge in [0.2, 0.25) is 0 Å². The van der Waals surface area contributed by atoms with E-state index < -0.39 is 56.1 Å². The lowest BCUT2D eigenvalue weighted by molar-refractivity contribution is -0.257. The van der Waals surface area contributed by atoms with Crippen molar-refractivity contribution < 1.29 is 50.7 Å². The Kier molecular flexibility index (Phi) is 6.28. The average molecular weight is 577 g/mol. The molecular weight excluding hydrogens is 538 g/mol. The smallest absolute Gasteiger partial charge is 0.402 e. The van der Waals surface area contributed by atoms with Crippen LogP contribution in [0.1, 0.15) is 84.0 Å². The second kappa shape index (κ2) is 8.82. The summed E-state index contributed by atoms with van der Waals surface area (Å²) < 4.78 is 75.3. The quantitative estimate of drug-likeness (QED) is 0.311. The van der Waals surface area contributed by atoms with Gasteiger partial charge in [-0.2, -0.15) is 17.2 Å².